The molecule has 4 nitrogen and oxygen atoms in total. The fourth-order valence-electron chi connectivity index (χ4n) is 1.57. The molecule has 0 bridgehead atoms. The van der Waals surface area contributed by atoms with Crippen LogP contribution in [0.25, 0.3) is 0 Å². The quantitative estimate of drug-likeness (QED) is 0.465. The van der Waals surface area contributed by atoms with Crippen molar-refractivity contribution < 1.29 is 9.59 Å². The standard InChI is InChI=1S/C16H20N2O2/c1-5-11-17(12-6-2)15(19)9-10-16(20)18(13-7-3)14-8-4/h1,3,6,8H,2,4,9-14H2. The SMILES string of the molecule is C#CCN(CC=C)C(=O)CCC(=O)N(CC#C)CC=C. The molecule has 0 saturated carbocycles. The Labute approximate surface area is 121 Å². The van der Waals surface area contributed by atoms with Gasteiger partial charge in [-0.1, -0.05) is 24.0 Å². The molecule has 0 fully saturated rings. The van der Waals surface area contributed by atoms with E-state index in [-0.39, 0.29) is 37.7 Å². The molecule has 0 aliphatic rings. The van der Waals surface area contributed by atoms with E-state index in [1.54, 1.807) is 12.2 Å². The van der Waals surface area contributed by atoms with Crippen LogP contribution in [0.5, 0.6) is 0 Å². The van der Waals surface area contributed by atoms with E-state index in [1.807, 2.05) is 0 Å². The highest BCUT2D eigenvalue weighted by molar-refractivity contribution is 5.84. The van der Waals surface area contributed by atoms with Gasteiger partial charge in [-0.05, 0) is 0 Å². The highest BCUT2D eigenvalue weighted by atomic mass is 16.2. The second-order valence-electron chi connectivity index (χ2n) is 4.03. The average molecular weight is 272 g/mol. The Morgan fingerprint density at radius 1 is 0.900 bits per heavy atom. The first-order chi connectivity index (χ1) is 9.60. The molecule has 0 aliphatic carbocycles. The molecule has 0 N–H and O–H groups in total. The van der Waals surface area contributed by atoms with Gasteiger partial charge in [-0.15, -0.1) is 26.0 Å². The van der Waals surface area contributed by atoms with Gasteiger partial charge in [0.25, 0.3) is 0 Å². The third-order valence-corrected chi connectivity index (χ3v) is 2.52. The monoisotopic (exact) mass is 272 g/mol. The molecule has 20 heavy (non-hydrogen) atoms. The number of hydrogen-bond donors (Lipinski definition) is 0. The minimum atomic E-state index is -0.171. The third-order valence-electron chi connectivity index (χ3n) is 2.52. The largest absolute Gasteiger partial charge is 0.328 e. The van der Waals surface area contributed by atoms with Crippen LogP contribution in [0.4, 0.5) is 0 Å². The third kappa shape index (κ3) is 6.47. The number of hydrogen-bond acceptors (Lipinski definition) is 2. The Bertz CT molecular complexity index is 398. The first kappa shape index (κ1) is 17.5. The molecule has 0 aromatic heterocycles. The molecule has 106 valence electrons. The van der Waals surface area contributed by atoms with Crippen LogP contribution in [-0.4, -0.2) is 47.8 Å². The minimum Gasteiger partial charge on any atom is -0.328 e. The second kappa shape index (κ2) is 10.5. The van der Waals surface area contributed by atoms with E-state index in [9.17, 15) is 9.59 Å². The van der Waals surface area contributed by atoms with Gasteiger partial charge in [0.2, 0.25) is 11.8 Å². The summed E-state index contributed by atoms with van der Waals surface area (Å²) in [5.74, 6) is 4.47. The normalized spacial score (nSPS) is 8.90. The smallest absolute Gasteiger partial charge is 0.224 e. The highest BCUT2D eigenvalue weighted by Crippen LogP contribution is 2.02. The van der Waals surface area contributed by atoms with Crippen LogP contribution in [0, 0.1) is 24.7 Å². The van der Waals surface area contributed by atoms with E-state index in [0.717, 1.165) is 0 Å². The van der Waals surface area contributed by atoms with Crippen molar-refractivity contribution >= 4 is 11.8 Å². The van der Waals surface area contributed by atoms with Gasteiger partial charge in [0.15, 0.2) is 0 Å². The lowest BCUT2D eigenvalue weighted by Gasteiger charge is -2.20. The molecular formula is C16H20N2O2. The molecule has 0 rings (SSSR count). The van der Waals surface area contributed by atoms with Gasteiger partial charge < -0.3 is 9.80 Å². The van der Waals surface area contributed by atoms with Crippen LogP contribution in [0.15, 0.2) is 25.3 Å². The summed E-state index contributed by atoms with van der Waals surface area (Å²) in [6.45, 7) is 8.29. The van der Waals surface area contributed by atoms with E-state index >= 15 is 0 Å². The lowest BCUT2D eigenvalue weighted by molar-refractivity contribution is -0.135. The molecule has 0 spiro atoms. The molecule has 2 amide bonds. The van der Waals surface area contributed by atoms with Gasteiger partial charge in [0.05, 0.1) is 13.1 Å². The van der Waals surface area contributed by atoms with Crippen molar-refractivity contribution in [3.63, 3.8) is 0 Å². The number of rotatable bonds is 9. The Morgan fingerprint density at radius 3 is 1.50 bits per heavy atom. The first-order valence-electron chi connectivity index (χ1n) is 6.24. The fraction of sp³-hybridized carbons (Fsp3) is 0.375. The van der Waals surface area contributed by atoms with Crippen LogP contribution in [-0.2, 0) is 9.59 Å². The van der Waals surface area contributed by atoms with Crippen LogP contribution in [0.2, 0.25) is 0 Å². The van der Waals surface area contributed by atoms with Crippen molar-refractivity contribution in [1.82, 2.24) is 9.80 Å². The number of carbonyl (C=O) groups is 2. The van der Waals surface area contributed by atoms with Crippen LogP contribution >= 0.6 is 0 Å². The van der Waals surface area contributed by atoms with E-state index in [4.69, 9.17) is 12.8 Å². The summed E-state index contributed by atoms with van der Waals surface area (Å²) in [4.78, 5) is 26.8. The number of carbonyl (C=O) groups excluding carboxylic acids is 2. The van der Waals surface area contributed by atoms with Crippen molar-refractivity contribution in [1.29, 1.82) is 0 Å². The van der Waals surface area contributed by atoms with E-state index < -0.39 is 0 Å². The Kier molecular flexibility index (Phi) is 9.17. The van der Waals surface area contributed by atoms with Gasteiger partial charge in [0, 0.05) is 25.9 Å². The lowest BCUT2D eigenvalue weighted by Crippen LogP contribution is -2.35. The molecule has 0 aromatic carbocycles. The van der Waals surface area contributed by atoms with Crippen LogP contribution in [0.1, 0.15) is 12.8 Å². The summed E-state index contributed by atoms with van der Waals surface area (Å²) in [7, 11) is 0. The topological polar surface area (TPSA) is 40.6 Å². The van der Waals surface area contributed by atoms with E-state index in [0.29, 0.717) is 13.1 Å². The van der Waals surface area contributed by atoms with Crippen molar-refractivity contribution in [2.45, 2.75) is 12.8 Å². The number of terminal acetylenes is 2. The summed E-state index contributed by atoms with van der Waals surface area (Å²) >= 11 is 0. The zero-order valence-electron chi connectivity index (χ0n) is 11.7. The van der Waals surface area contributed by atoms with Crippen LogP contribution in [0.3, 0.4) is 0 Å². The van der Waals surface area contributed by atoms with Gasteiger partial charge in [-0.25, -0.2) is 0 Å². The Hall–Kier alpha value is -2.46. The van der Waals surface area contributed by atoms with Crippen molar-refractivity contribution in [2.75, 3.05) is 26.2 Å². The Morgan fingerprint density at radius 2 is 1.25 bits per heavy atom. The number of amides is 2. The van der Waals surface area contributed by atoms with Crippen molar-refractivity contribution in [3.05, 3.63) is 25.3 Å². The summed E-state index contributed by atoms with van der Waals surface area (Å²) in [6.07, 6.45) is 13.8. The van der Waals surface area contributed by atoms with Gasteiger partial charge in [-0.2, -0.15) is 0 Å². The zero-order chi connectivity index (χ0) is 15.4. The molecular weight excluding hydrogens is 252 g/mol. The summed E-state index contributed by atoms with van der Waals surface area (Å²) < 4.78 is 0. The predicted octanol–water partition coefficient (Wildman–Crippen LogP) is 1.06. The van der Waals surface area contributed by atoms with Gasteiger partial charge in [0.1, 0.15) is 0 Å². The van der Waals surface area contributed by atoms with Crippen LogP contribution < -0.4 is 0 Å². The molecule has 0 aromatic rings. The molecule has 0 aliphatic heterocycles. The second-order valence-corrected chi connectivity index (χ2v) is 4.03. The molecule has 0 atom stereocenters. The maximum Gasteiger partial charge on any atom is 0.224 e. The first-order valence-corrected chi connectivity index (χ1v) is 6.24. The molecule has 0 unspecified atom stereocenters. The fourth-order valence-corrected chi connectivity index (χ4v) is 1.57. The maximum atomic E-state index is 11.9. The zero-order valence-corrected chi connectivity index (χ0v) is 11.7. The minimum absolute atomic E-state index is 0.104. The summed E-state index contributed by atoms with van der Waals surface area (Å²) in [6, 6.07) is 0. The predicted molar refractivity (Wildman–Crippen MR) is 80.5 cm³/mol. The lowest BCUT2D eigenvalue weighted by atomic mass is 10.2. The molecule has 0 saturated heterocycles. The summed E-state index contributed by atoms with van der Waals surface area (Å²) in [5, 5.41) is 0. The van der Waals surface area contributed by atoms with E-state index in [2.05, 4.69) is 25.0 Å². The summed E-state index contributed by atoms with van der Waals surface area (Å²) in [5.41, 5.74) is 0. The Balaban J connectivity index is 4.43. The highest BCUT2D eigenvalue weighted by Gasteiger charge is 2.16. The maximum absolute atomic E-state index is 11.9. The van der Waals surface area contributed by atoms with Gasteiger partial charge >= 0.3 is 0 Å². The number of nitrogens with zero attached hydrogens (tertiary/aromatic N) is 2. The van der Waals surface area contributed by atoms with E-state index in [1.165, 1.54) is 9.80 Å². The molecule has 0 heterocycles. The molecule has 0 radical (unpaired) electrons. The van der Waals surface area contributed by atoms with Gasteiger partial charge in [-0.3, -0.25) is 9.59 Å². The van der Waals surface area contributed by atoms with Crippen molar-refractivity contribution in [3.8, 4) is 24.7 Å². The average Bonchev–Trinajstić information content (AvgIpc) is 2.44. The van der Waals surface area contributed by atoms with Crippen molar-refractivity contribution in [2.24, 2.45) is 0 Å². The molecule has 4 heteroatoms.